The third-order valence-corrected chi connectivity index (χ3v) is 4.16. The SMILES string of the molecule is Clc1cccc2nc(CNc3ccccc3)sc12. The van der Waals surface area contributed by atoms with Crippen molar-refractivity contribution in [2.75, 3.05) is 5.32 Å². The summed E-state index contributed by atoms with van der Waals surface area (Å²) in [5.74, 6) is 0. The third kappa shape index (κ3) is 2.33. The summed E-state index contributed by atoms with van der Waals surface area (Å²) in [5, 5.41) is 5.16. The Bertz CT molecular complexity index is 664. The highest BCUT2D eigenvalue weighted by Gasteiger charge is 2.06. The number of thiazole rings is 1. The minimum atomic E-state index is 0.722. The number of nitrogens with one attached hydrogen (secondary N) is 1. The fourth-order valence-corrected chi connectivity index (χ4v) is 2.96. The van der Waals surface area contributed by atoms with Crippen LogP contribution in [0.4, 0.5) is 5.69 Å². The summed E-state index contributed by atoms with van der Waals surface area (Å²) in [5.41, 5.74) is 2.07. The van der Waals surface area contributed by atoms with Crippen LogP contribution in [-0.4, -0.2) is 4.98 Å². The Hall–Kier alpha value is -1.58. The van der Waals surface area contributed by atoms with E-state index in [1.807, 2.05) is 48.5 Å². The van der Waals surface area contributed by atoms with Crippen molar-refractivity contribution < 1.29 is 0 Å². The summed E-state index contributed by atoms with van der Waals surface area (Å²) in [7, 11) is 0. The van der Waals surface area contributed by atoms with Gasteiger partial charge in [-0.25, -0.2) is 4.98 Å². The molecule has 0 spiro atoms. The van der Waals surface area contributed by atoms with Crippen LogP contribution in [0.3, 0.4) is 0 Å². The molecular weight excluding hydrogens is 264 g/mol. The van der Waals surface area contributed by atoms with Crippen molar-refractivity contribution in [2.24, 2.45) is 0 Å². The maximum Gasteiger partial charge on any atom is 0.113 e. The molecule has 0 atom stereocenters. The monoisotopic (exact) mass is 274 g/mol. The van der Waals surface area contributed by atoms with Crippen molar-refractivity contribution in [1.29, 1.82) is 0 Å². The van der Waals surface area contributed by atoms with E-state index in [9.17, 15) is 0 Å². The zero-order valence-corrected chi connectivity index (χ0v) is 11.1. The van der Waals surface area contributed by atoms with E-state index >= 15 is 0 Å². The molecule has 0 aliphatic rings. The normalized spacial score (nSPS) is 10.7. The number of hydrogen-bond donors (Lipinski definition) is 1. The molecule has 2 nitrogen and oxygen atoms in total. The number of rotatable bonds is 3. The molecule has 18 heavy (non-hydrogen) atoms. The second-order valence-corrected chi connectivity index (χ2v) is 5.41. The van der Waals surface area contributed by atoms with E-state index < -0.39 is 0 Å². The number of nitrogens with zero attached hydrogens (tertiary/aromatic N) is 1. The van der Waals surface area contributed by atoms with Gasteiger partial charge in [-0.3, -0.25) is 0 Å². The summed E-state index contributed by atoms with van der Waals surface area (Å²) in [6.45, 7) is 0.722. The van der Waals surface area contributed by atoms with Gasteiger partial charge in [-0.05, 0) is 24.3 Å². The van der Waals surface area contributed by atoms with Crippen LogP contribution in [0.5, 0.6) is 0 Å². The molecule has 0 unspecified atom stereocenters. The molecule has 1 N–H and O–H groups in total. The van der Waals surface area contributed by atoms with Crippen molar-refractivity contribution in [3.63, 3.8) is 0 Å². The number of aromatic nitrogens is 1. The Morgan fingerprint density at radius 3 is 2.67 bits per heavy atom. The van der Waals surface area contributed by atoms with Gasteiger partial charge in [0.25, 0.3) is 0 Å². The Morgan fingerprint density at radius 2 is 1.89 bits per heavy atom. The lowest BCUT2D eigenvalue weighted by Crippen LogP contribution is -1.97. The van der Waals surface area contributed by atoms with Crippen LogP contribution in [0.1, 0.15) is 5.01 Å². The molecule has 0 bridgehead atoms. The molecule has 0 saturated carbocycles. The van der Waals surface area contributed by atoms with Crippen molar-refractivity contribution >= 4 is 38.8 Å². The molecule has 4 heteroatoms. The van der Waals surface area contributed by atoms with E-state index in [1.165, 1.54) is 0 Å². The van der Waals surface area contributed by atoms with Gasteiger partial charge in [0.1, 0.15) is 5.01 Å². The van der Waals surface area contributed by atoms with Gasteiger partial charge in [0.15, 0.2) is 0 Å². The Kier molecular flexibility index (Phi) is 3.17. The van der Waals surface area contributed by atoms with E-state index in [0.29, 0.717) is 0 Å². The maximum absolute atomic E-state index is 6.14. The lowest BCUT2D eigenvalue weighted by Gasteiger charge is -2.02. The van der Waals surface area contributed by atoms with E-state index in [0.717, 1.165) is 32.5 Å². The highest BCUT2D eigenvalue weighted by atomic mass is 35.5. The Balaban J connectivity index is 1.81. The molecule has 0 amide bonds. The smallest absolute Gasteiger partial charge is 0.113 e. The minimum Gasteiger partial charge on any atom is -0.379 e. The first kappa shape index (κ1) is 11.5. The van der Waals surface area contributed by atoms with Crippen LogP contribution in [0.2, 0.25) is 5.02 Å². The Labute approximate surface area is 114 Å². The van der Waals surface area contributed by atoms with Gasteiger partial charge in [-0.1, -0.05) is 35.9 Å². The predicted molar refractivity (Wildman–Crippen MR) is 78.4 cm³/mol. The van der Waals surface area contributed by atoms with Crippen molar-refractivity contribution in [3.8, 4) is 0 Å². The third-order valence-electron chi connectivity index (χ3n) is 2.63. The first-order chi connectivity index (χ1) is 8.83. The number of para-hydroxylation sites is 1. The molecule has 1 heterocycles. The van der Waals surface area contributed by atoms with Crippen LogP contribution in [0.15, 0.2) is 48.5 Å². The van der Waals surface area contributed by atoms with Crippen LogP contribution in [0.25, 0.3) is 10.2 Å². The fraction of sp³-hybridized carbons (Fsp3) is 0.0714. The molecule has 90 valence electrons. The van der Waals surface area contributed by atoms with E-state index in [2.05, 4.69) is 10.3 Å². The number of anilines is 1. The van der Waals surface area contributed by atoms with Crippen molar-refractivity contribution in [2.45, 2.75) is 6.54 Å². The predicted octanol–water partition coefficient (Wildman–Crippen LogP) is 4.56. The van der Waals surface area contributed by atoms with Gasteiger partial charge in [0.2, 0.25) is 0 Å². The minimum absolute atomic E-state index is 0.722. The first-order valence-corrected chi connectivity index (χ1v) is 6.85. The molecule has 0 aliphatic heterocycles. The maximum atomic E-state index is 6.14. The Morgan fingerprint density at radius 1 is 1.06 bits per heavy atom. The van der Waals surface area contributed by atoms with Gasteiger partial charge in [0, 0.05) is 5.69 Å². The summed E-state index contributed by atoms with van der Waals surface area (Å²) < 4.78 is 1.06. The lowest BCUT2D eigenvalue weighted by atomic mass is 10.3. The molecule has 0 fully saturated rings. The molecule has 0 saturated heterocycles. The van der Waals surface area contributed by atoms with Gasteiger partial charge >= 0.3 is 0 Å². The van der Waals surface area contributed by atoms with E-state index in [4.69, 9.17) is 11.6 Å². The number of hydrogen-bond acceptors (Lipinski definition) is 3. The van der Waals surface area contributed by atoms with Crippen molar-refractivity contribution in [1.82, 2.24) is 4.98 Å². The lowest BCUT2D eigenvalue weighted by molar-refractivity contribution is 1.12. The second-order valence-electron chi connectivity index (χ2n) is 3.92. The topological polar surface area (TPSA) is 24.9 Å². The molecule has 0 aliphatic carbocycles. The van der Waals surface area contributed by atoms with Gasteiger partial charge in [-0.2, -0.15) is 0 Å². The fourth-order valence-electron chi connectivity index (χ4n) is 1.77. The molecule has 3 rings (SSSR count). The highest BCUT2D eigenvalue weighted by molar-refractivity contribution is 7.19. The zero-order valence-electron chi connectivity index (χ0n) is 9.56. The van der Waals surface area contributed by atoms with Crippen molar-refractivity contribution in [3.05, 3.63) is 58.6 Å². The molecule has 1 aromatic heterocycles. The van der Waals surface area contributed by atoms with Gasteiger partial charge < -0.3 is 5.32 Å². The van der Waals surface area contributed by atoms with Gasteiger partial charge in [-0.15, -0.1) is 11.3 Å². The quantitative estimate of drug-likeness (QED) is 0.757. The zero-order chi connectivity index (χ0) is 12.4. The van der Waals surface area contributed by atoms with Crippen LogP contribution < -0.4 is 5.32 Å². The second kappa shape index (κ2) is 4.96. The average Bonchev–Trinajstić information content (AvgIpc) is 2.82. The number of halogens is 1. The summed E-state index contributed by atoms with van der Waals surface area (Å²) in [4.78, 5) is 4.56. The summed E-state index contributed by atoms with van der Waals surface area (Å²) in [6.07, 6.45) is 0. The average molecular weight is 275 g/mol. The van der Waals surface area contributed by atoms with E-state index in [1.54, 1.807) is 11.3 Å². The number of fused-ring (bicyclic) bond motifs is 1. The molecule has 3 aromatic rings. The van der Waals surface area contributed by atoms with Crippen LogP contribution >= 0.6 is 22.9 Å². The molecule has 2 aromatic carbocycles. The standard InChI is InChI=1S/C14H11ClN2S/c15-11-7-4-8-12-14(11)18-13(17-12)9-16-10-5-2-1-3-6-10/h1-8,16H,9H2. The molecular formula is C14H11ClN2S. The summed E-state index contributed by atoms with van der Waals surface area (Å²) >= 11 is 7.78. The first-order valence-electron chi connectivity index (χ1n) is 5.66. The highest BCUT2D eigenvalue weighted by Crippen LogP contribution is 2.29. The van der Waals surface area contributed by atoms with E-state index in [-0.39, 0.29) is 0 Å². The largest absolute Gasteiger partial charge is 0.379 e. The number of benzene rings is 2. The summed E-state index contributed by atoms with van der Waals surface area (Å²) in [6, 6.07) is 15.9. The van der Waals surface area contributed by atoms with Gasteiger partial charge in [0.05, 0.1) is 21.8 Å². The van der Waals surface area contributed by atoms with Crippen LogP contribution in [-0.2, 0) is 6.54 Å². The molecule has 0 radical (unpaired) electrons. The van der Waals surface area contributed by atoms with Crippen LogP contribution in [0, 0.1) is 0 Å².